The molecule has 40 heavy (non-hydrogen) atoms. The Balaban J connectivity index is 1.43. The quantitative estimate of drug-likeness (QED) is 0.233. The molecule has 0 unspecified atom stereocenters. The molecular weight excluding hydrogens is 488 g/mol. The van der Waals surface area contributed by atoms with E-state index in [1.807, 2.05) is 24.5 Å². The Morgan fingerprint density at radius 1 is 0.400 bits per heavy atom. The molecule has 0 spiro atoms. The van der Waals surface area contributed by atoms with E-state index in [2.05, 4.69) is 128 Å². The first-order chi connectivity index (χ1) is 19.8. The van der Waals surface area contributed by atoms with Gasteiger partial charge in [0.25, 0.3) is 0 Å². The number of benzene rings is 5. The van der Waals surface area contributed by atoms with Crippen LogP contribution in [0.25, 0.3) is 76.8 Å². The van der Waals surface area contributed by atoms with Gasteiger partial charge in [0, 0.05) is 56.1 Å². The second-order valence-corrected chi connectivity index (χ2v) is 10.3. The highest BCUT2D eigenvalue weighted by Gasteiger charge is 2.20. The molecule has 0 atom stereocenters. The molecule has 9 aromatic rings. The van der Waals surface area contributed by atoms with Gasteiger partial charge in [-0.2, -0.15) is 0 Å². The summed E-state index contributed by atoms with van der Waals surface area (Å²) in [7, 11) is 0. The molecule has 4 heterocycles. The maximum absolute atomic E-state index is 4.54. The molecule has 0 radical (unpaired) electrons. The van der Waals surface area contributed by atoms with Crippen molar-refractivity contribution in [3.8, 4) is 11.4 Å². The zero-order valence-corrected chi connectivity index (χ0v) is 21.5. The maximum atomic E-state index is 4.54. The summed E-state index contributed by atoms with van der Waals surface area (Å²) < 4.78 is 4.79. The fraction of sp³-hybridized carbons (Fsp3) is 0. The number of rotatable bonds is 2. The first kappa shape index (κ1) is 21.5. The molecule has 0 amide bonds. The highest BCUT2D eigenvalue weighted by Crippen LogP contribution is 2.42. The largest absolute Gasteiger partial charge is 0.309 e. The predicted octanol–water partition coefficient (Wildman–Crippen LogP) is 8.98. The molecule has 4 aromatic heterocycles. The van der Waals surface area contributed by atoms with Crippen LogP contribution in [0.3, 0.4) is 0 Å². The van der Waals surface area contributed by atoms with Crippen LogP contribution in [0.2, 0.25) is 0 Å². The highest BCUT2D eigenvalue weighted by atomic mass is 15.0. The standard InChI is InChI=1S/C36H22N4/c1-3-11-31-27(9-1)35-33(39(31)25-13-15-29-23(21-25)7-5-19-37-29)17-18-34-36(35)28-10-2-4-12-32(28)40(34)26-14-16-30-24(22-26)8-6-20-38-30/h1-22H. The summed E-state index contributed by atoms with van der Waals surface area (Å²) in [6.45, 7) is 0. The van der Waals surface area contributed by atoms with Gasteiger partial charge in [0.15, 0.2) is 0 Å². The van der Waals surface area contributed by atoms with Gasteiger partial charge in [-0.1, -0.05) is 48.5 Å². The van der Waals surface area contributed by atoms with Gasteiger partial charge in [-0.15, -0.1) is 0 Å². The van der Waals surface area contributed by atoms with E-state index >= 15 is 0 Å². The summed E-state index contributed by atoms with van der Waals surface area (Å²) in [6.07, 6.45) is 3.70. The van der Waals surface area contributed by atoms with Crippen molar-refractivity contribution in [3.63, 3.8) is 0 Å². The molecule has 0 bridgehead atoms. The predicted molar refractivity (Wildman–Crippen MR) is 166 cm³/mol. The minimum atomic E-state index is 1.00. The van der Waals surface area contributed by atoms with Crippen molar-refractivity contribution in [3.05, 3.63) is 134 Å². The first-order valence-electron chi connectivity index (χ1n) is 13.5. The van der Waals surface area contributed by atoms with Crippen molar-refractivity contribution >= 4 is 65.4 Å². The zero-order chi connectivity index (χ0) is 26.2. The van der Waals surface area contributed by atoms with Crippen molar-refractivity contribution in [2.75, 3.05) is 0 Å². The Hall–Kier alpha value is -5.48. The lowest BCUT2D eigenvalue weighted by Crippen LogP contribution is -1.95. The molecule has 0 aliphatic heterocycles. The van der Waals surface area contributed by atoms with E-state index < -0.39 is 0 Å². The SMILES string of the molecule is c1cnc2ccc(-n3c4ccccc4c4c5c6ccccc6n(-c6ccc7ncccc7c6)c5ccc43)cc2c1. The number of aromatic nitrogens is 4. The lowest BCUT2D eigenvalue weighted by Gasteiger charge is -2.10. The molecule has 4 nitrogen and oxygen atoms in total. The molecule has 4 heteroatoms. The maximum Gasteiger partial charge on any atom is 0.0703 e. The molecule has 0 N–H and O–H groups in total. The van der Waals surface area contributed by atoms with Gasteiger partial charge < -0.3 is 9.13 Å². The minimum Gasteiger partial charge on any atom is -0.309 e. The molecule has 0 aliphatic carbocycles. The van der Waals surface area contributed by atoms with Crippen molar-refractivity contribution < 1.29 is 0 Å². The lowest BCUT2D eigenvalue weighted by molar-refractivity contribution is 1.17. The van der Waals surface area contributed by atoms with Crippen LogP contribution in [-0.2, 0) is 0 Å². The van der Waals surface area contributed by atoms with E-state index in [0.29, 0.717) is 0 Å². The number of hydrogen-bond donors (Lipinski definition) is 0. The van der Waals surface area contributed by atoms with Crippen molar-refractivity contribution in [1.29, 1.82) is 0 Å². The summed E-state index contributed by atoms with van der Waals surface area (Å²) in [5.74, 6) is 0. The monoisotopic (exact) mass is 510 g/mol. The van der Waals surface area contributed by atoms with Gasteiger partial charge in [-0.05, 0) is 72.8 Å². The van der Waals surface area contributed by atoms with E-state index in [-0.39, 0.29) is 0 Å². The van der Waals surface area contributed by atoms with Crippen LogP contribution in [-0.4, -0.2) is 19.1 Å². The molecule has 0 aliphatic rings. The Labute approximate surface area is 229 Å². The van der Waals surface area contributed by atoms with Gasteiger partial charge in [-0.25, -0.2) is 0 Å². The third kappa shape index (κ3) is 2.90. The van der Waals surface area contributed by atoms with Crippen LogP contribution in [0.4, 0.5) is 0 Å². The Kier molecular flexibility index (Phi) is 4.30. The van der Waals surface area contributed by atoms with Gasteiger partial charge in [0.05, 0.1) is 33.1 Å². The van der Waals surface area contributed by atoms with Gasteiger partial charge in [-0.3, -0.25) is 9.97 Å². The van der Waals surface area contributed by atoms with E-state index in [9.17, 15) is 0 Å². The molecular formula is C36H22N4. The average molecular weight is 511 g/mol. The topological polar surface area (TPSA) is 35.6 Å². The fourth-order valence-electron chi connectivity index (χ4n) is 6.48. The Bertz CT molecular complexity index is 2270. The fourth-order valence-corrected chi connectivity index (χ4v) is 6.48. The minimum absolute atomic E-state index is 1.00. The number of hydrogen-bond acceptors (Lipinski definition) is 2. The van der Waals surface area contributed by atoms with E-state index in [4.69, 9.17) is 0 Å². The summed E-state index contributed by atoms with van der Waals surface area (Å²) in [6, 6.07) is 43.4. The lowest BCUT2D eigenvalue weighted by atomic mass is 10.1. The summed E-state index contributed by atoms with van der Waals surface area (Å²) >= 11 is 0. The molecule has 5 aromatic carbocycles. The van der Waals surface area contributed by atoms with Gasteiger partial charge >= 0.3 is 0 Å². The zero-order valence-electron chi connectivity index (χ0n) is 21.5. The second kappa shape index (κ2) is 8.01. The van der Waals surface area contributed by atoms with E-state index in [1.165, 1.54) is 43.6 Å². The van der Waals surface area contributed by atoms with E-state index in [1.54, 1.807) is 0 Å². The average Bonchev–Trinajstić information content (AvgIpc) is 3.53. The first-order valence-corrected chi connectivity index (χ1v) is 13.5. The van der Waals surface area contributed by atoms with E-state index in [0.717, 1.165) is 33.2 Å². The Morgan fingerprint density at radius 2 is 0.875 bits per heavy atom. The van der Waals surface area contributed by atoms with Crippen molar-refractivity contribution in [2.45, 2.75) is 0 Å². The summed E-state index contributed by atoms with van der Waals surface area (Å²) in [5.41, 5.74) is 9.06. The smallest absolute Gasteiger partial charge is 0.0703 e. The van der Waals surface area contributed by atoms with Gasteiger partial charge in [0.2, 0.25) is 0 Å². The Morgan fingerprint density at radius 3 is 1.38 bits per heavy atom. The third-order valence-electron chi connectivity index (χ3n) is 8.16. The molecule has 0 saturated heterocycles. The second-order valence-electron chi connectivity index (χ2n) is 10.3. The summed E-state index contributed by atoms with van der Waals surface area (Å²) in [5, 5.41) is 7.32. The summed E-state index contributed by atoms with van der Waals surface area (Å²) in [4.78, 5) is 9.08. The van der Waals surface area contributed by atoms with Crippen molar-refractivity contribution in [2.24, 2.45) is 0 Å². The van der Waals surface area contributed by atoms with Crippen LogP contribution >= 0.6 is 0 Å². The molecule has 9 rings (SSSR count). The normalized spacial score (nSPS) is 12.0. The molecule has 0 fully saturated rings. The highest BCUT2D eigenvalue weighted by molar-refractivity contribution is 6.29. The van der Waals surface area contributed by atoms with Crippen LogP contribution in [0.1, 0.15) is 0 Å². The van der Waals surface area contributed by atoms with Crippen LogP contribution in [0.15, 0.2) is 134 Å². The number of para-hydroxylation sites is 2. The number of fused-ring (bicyclic) bond motifs is 9. The number of pyridine rings is 2. The van der Waals surface area contributed by atoms with Gasteiger partial charge in [0.1, 0.15) is 0 Å². The van der Waals surface area contributed by atoms with Crippen LogP contribution in [0, 0.1) is 0 Å². The molecule has 0 saturated carbocycles. The van der Waals surface area contributed by atoms with Crippen LogP contribution < -0.4 is 0 Å². The van der Waals surface area contributed by atoms with Crippen LogP contribution in [0.5, 0.6) is 0 Å². The third-order valence-corrected chi connectivity index (χ3v) is 8.16. The number of nitrogens with zero attached hydrogens (tertiary/aromatic N) is 4. The molecule has 186 valence electrons. The van der Waals surface area contributed by atoms with Crippen molar-refractivity contribution in [1.82, 2.24) is 19.1 Å².